The van der Waals surface area contributed by atoms with E-state index in [2.05, 4.69) is 17.0 Å². The van der Waals surface area contributed by atoms with Crippen LogP contribution in [0.5, 0.6) is 5.75 Å². The maximum absolute atomic E-state index is 11.9. The molecule has 2 aromatic rings. The van der Waals surface area contributed by atoms with Crippen LogP contribution >= 0.6 is 23.2 Å². The van der Waals surface area contributed by atoms with Crippen LogP contribution in [0, 0.1) is 0 Å². The molecule has 2 aromatic carbocycles. The Morgan fingerprint density at radius 3 is 2.44 bits per heavy atom. The maximum atomic E-state index is 11.9. The van der Waals surface area contributed by atoms with Crippen LogP contribution in [0.2, 0.25) is 10.0 Å². The highest BCUT2D eigenvalue weighted by molar-refractivity contribution is 7.90. The SMILES string of the molecule is CS(=O)(=O)c1ccc(OC2c3ccccc3CC2N2CCCC2)c(Cl)c1Cl. The van der Waals surface area contributed by atoms with Gasteiger partial charge >= 0.3 is 0 Å². The summed E-state index contributed by atoms with van der Waals surface area (Å²) in [5.41, 5.74) is 2.45. The maximum Gasteiger partial charge on any atom is 0.177 e. The number of hydrogen-bond donors (Lipinski definition) is 0. The molecule has 1 aliphatic heterocycles. The topological polar surface area (TPSA) is 46.6 Å². The minimum Gasteiger partial charge on any atom is -0.482 e. The van der Waals surface area contributed by atoms with E-state index < -0.39 is 9.84 Å². The van der Waals surface area contributed by atoms with Crippen LogP contribution in [0.15, 0.2) is 41.3 Å². The van der Waals surface area contributed by atoms with Crippen molar-refractivity contribution < 1.29 is 13.2 Å². The van der Waals surface area contributed by atoms with Crippen LogP contribution in [0.25, 0.3) is 0 Å². The number of ether oxygens (including phenoxy) is 1. The molecule has 0 radical (unpaired) electrons. The molecule has 1 saturated heterocycles. The van der Waals surface area contributed by atoms with E-state index in [0.717, 1.165) is 31.3 Å². The second kappa shape index (κ2) is 7.28. The number of halogens is 2. The lowest BCUT2D eigenvalue weighted by Crippen LogP contribution is -2.38. The summed E-state index contributed by atoms with van der Waals surface area (Å²) in [4.78, 5) is 2.50. The van der Waals surface area contributed by atoms with Crippen molar-refractivity contribution in [3.63, 3.8) is 0 Å². The summed E-state index contributed by atoms with van der Waals surface area (Å²) in [6.07, 6.45) is 4.30. The van der Waals surface area contributed by atoms with Gasteiger partial charge in [0.1, 0.15) is 16.9 Å². The summed E-state index contributed by atoms with van der Waals surface area (Å²) in [5, 5.41) is 0.157. The Hall–Kier alpha value is -1.27. The third-order valence-corrected chi connectivity index (χ3v) is 7.53. The Balaban J connectivity index is 1.70. The first-order valence-corrected chi connectivity index (χ1v) is 11.7. The molecule has 0 spiro atoms. The van der Waals surface area contributed by atoms with Crippen LogP contribution in [-0.2, 0) is 16.3 Å². The van der Waals surface area contributed by atoms with Crippen molar-refractivity contribution in [1.29, 1.82) is 0 Å². The average molecular weight is 426 g/mol. The van der Waals surface area contributed by atoms with E-state index in [1.54, 1.807) is 6.07 Å². The Kier molecular flexibility index (Phi) is 5.14. The number of fused-ring (bicyclic) bond motifs is 1. The summed E-state index contributed by atoms with van der Waals surface area (Å²) in [6.45, 7) is 2.14. The molecule has 0 aromatic heterocycles. The molecule has 1 aliphatic carbocycles. The van der Waals surface area contributed by atoms with E-state index in [1.807, 2.05) is 12.1 Å². The quantitative estimate of drug-likeness (QED) is 0.721. The molecule has 27 heavy (non-hydrogen) atoms. The Morgan fingerprint density at radius 2 is 1.74 bits per heavy atom. The number of likely N-dealkylation sites (tertiary alicyclic amines) is 1. The van der Waals surface area contributed by atoms with Crippen molar-refractivity contribution in [3.05, 3.63) is 57.6 Å². The summed E-state index contributed by atoms with van der Waals surface area (Å²) in [6, 6.07) is 11.6. The van der Waals surface area contributed by atoms with Gasteiger partial charge in [0.15, 0.2) is 9.84 Å². The van der Waals surface area contributed by atoms with Crippen LogP contribution < -0.4 is 4.74 Å². The largest absolute Gasteiger partial charge is 0.482 e. The second-order valence-corrected chi connectivity index (χ2v) is 9.95. The van der Waals surface area contributed by atoms with Gasteiger partial charge in [-0.3, -0.25) is 4.90 Å². The van der Waals surface area contributed by atoms with Gasteiger partial charge in [-0.2, -0.15) is 0 Å². The van der Waals surface area contributed by atoms with Gasteiger partial charge in [0, 0.05) is 6.26 Å². The first-order valence-electron chi connectivity index (χ1n) is 9.03. The first kappa shape index (κ1) is 19.1. The molecule has 0 bridgehead atoms. The third kappa shape index (κ3) is 3.58. The van der Waals surface area contributed by atoms with Crippen molar-refractivity contribution in [2.24, 2.45) is 0 Å². The van der Waals surface area contributed by atoms with Gasteiger partial charge in [0.05, 0.1) is 16.0 Å². The van der Waals surface area contributed by atoms with Gasteiger partial charge in [-0.05, 0) is 55.6 Å². The van der Waals surface area contributed by atoms with Crippen molar-refractivity contribution in [2.45, 2.75) is 36.3 Å². The van der Waals surface area contributed by atoms with Crippen LogP contribution in [0.4, 0.5) is 0 Å². The zero-order chi connectivity index (χ0) is 19.2. The summed E-state index contributed by atoms with van der Waals surface area (Å²) in [5.74, 6) is 0.417. The van der Waals surface area contributed by atoms with Crippen molar-refractivity contribution in [3.8, 4) is 5.75 Å². The zero-order valence-electron chi connectivity index (χ0n) is 15.0. The number of rotatable bonds is 4. The Bertz CT molecular complexity index is 971. The third-order valence-electron chi connectivity index (χ3n) is 5.41. The van der Waals surface area contributed by atoms with E-state index in [0.29, 0.717) is 5.75 Å². The molecule has 0 amide bonds. The van der Waals surface area contributed by atoms with Gasteiger partial charge < -0.3 is 4.74 Å². The van der Waals surface area contributed by atoms with Gasteiger partial charge in [-0.15, -0.1) is 0 Å². The number of hydrogen-bond acceptors (Lipinski definition) is 4. The van der Waals surface area contributed by atoms with E-state index in [9.17, 15) is 8.42 Å². The second-order valence-electron chi connectivity index (χ2n) is 7.21. The van der Waals surface area contributed by atoms with E-state index in [1.165, 1.54) is 24.5 Å². The first-order chi connectivity index (χ1) is 12.9. The molecule has 1 heterocycles. The number of nitrogens with zero attached hydrogens (tertiary/aromatic N) is 1. The van der Waals surface area contributed by atoms with Crippen LogP contribution in [0.3, 0.4) is 0 Å². The Labute approximate surface area is 170 Å². The molecule has 4 rings (SSSR count). The van der Waals surface area contributed by atoms with Crippen LogP contribution in [0.1, 0.15) is 30.1 Å². The van der Waals surface area contributed by atoms with Gasteiger partial charge in [-0.1, -0.05) is 47.5 Å². The van der Waals surface area contributed by atoms with Gasteiger partial charge in [-0.25, -0.2) is 8.42 Å². The van der Waals surface area contributed by atoms with Gasteiger partial charge in [0.2, 0.25) is 0 Å². The Morgan fingerprint density at radius 1 is 1.04 bits per heavy atom. The predicted molar refractivity (Wildman–Crippen MR) is 108 cm³/mol. The highest BCUT2D eigenvalue weighted by Crippen LogP contribution is 2.43. The highest BCUT2D eigenvalue weighted by Gasteiger charge is 2.39. The standard InChI is InChI=1S/C20H21Cl2NO3S/c1-27(24,25)17-9-8-16(18(21)19(17)22)26-20-14-7-3-2-6-13(14)12-15(20)23-10-4-5-11-23/h2-3,6-9,15,20H,4-5,10-12H2,1H3. The average Bonchev–Trinajstić information content (AvgIpc) is 3.26. The molecule has 0 saturated carbocycles. The summed E-state index contributed by atoms with van der Waals surface area (Å²) >= 11 is 12.6. The van der Waals surface area contributed by atoms with Crippen molar-refractivity contribution >= 4 is 33.0 Å². The summed E-state index contributed by atoms with van der Waals surface area (Å²) in [7, 11) is -3.45. The summed E-state index contributed by atoms with van der Waals surface area (Å²) < 4.78 is 30.1. The molecule has 4 nitrogen and oxygen atoms in total. The lowest BCUT2D eigenvalue weighted by atomic mass is 10.1. The number of benzene rings is 2. The van der Waals surface area contributed by atoms with Crippen molar-refractivity contribution in [1.82, 2.24) is 4.90 Å². The van der Waals surface area contributed by atoms with Gasteiger partial charge in [0.25, 0.3) is 0 Å². The molecule has 1 fully saturated rings. The normalized spacial score (nSPS) is 22.8. The van der Waals surface area contributed by atoms with E-state index in [-0.39, 0.29) is 27.1 Å². The number of sulfone groups is 1. The molecule has 144 valence electrons. The smallest absolute Gasteiger partial charge is 0.177 e. The van der Waals surface area contributed by atoms with E-state index >= 15 is 0 Å². The molecule has 0 N–H and O–H groups in total. The predicted octanol–water partition coefficient (Wildman–Crippen LogP) is 4.54. The highest BCUT2D eigenvalue weighted by atomic mass is 35.5. The molecule has 7 heteroatoms. The monoisotopic (exact) mass is 425 g/mol. The fourth-order valence-corrected chi connectivity index (χ4v) is 5.69. The minimum atomic E-state index is -3.45. The minimum absolute atomic E-state index is 0.0145. The lowest BCUT2D eigenvalue weighted by molar-refractivity contribution is 0.0941. The lowest BCUT2D eigenvalue weighted by Gasteiger charge is -2.30. The van der Waals surface area contributed by atoms with E-state index in [4.69, 9.17) is 27.9 Å². The molecule has 2 aliphatic rings. The van der Waals surface area contributed by atoms with Crippen LogP contribution in [-0.4, -0.2) is 38.7 Å². The molecular formula is C20H21Cl2NO3S. The van der Waals surface area contributed by atoms with Crippen molar-refractivity contribution in [2.75, 3.05) is 19.3 Å². The molecule has 2 unspecified atom stereocenters. The zero-order valence-corrected chi connectivity index (χ0v) is 17.3. The molecule has 2 atom stereocenters. The molecular weight excluding hydrogens is 405 g/mol. The fourth-order valence-electron chi connectivity index (χ4n) is 4.10. The fraction of sp³-hybridized carbons (Fsp3) is 0.400.